The smallest absolute Gasteiger partial charge is 0.354 e. The van der Waals surface area contributed by atoms with Gasteiger partial charge in [-0.2, -0.15) is 0 Å². The summed E-state index contributed by atoms with van der Waals surface area (Å²) in [6.45, 7) is 7.21. The molecule has 4 heteroatoms. The summed E-state index contributed by atoms with van der Waals surface area (Å²) in [7, 11) is 0. The summed E-state index contributed by atoms with van der Waals surface area (Å²) in [5.41, 5.74) is 1.07. The van der Waals surface area contributed by atoms with E-state index in [0.717, 1.165) is 12.8 Å². The van der Waals surface area contributed by atoms with Gasteiger partial charge >= 0.3 is 5.97 Å². The average Bonchev–Trinajstić information content (AvgIpc) is 2.34. The Bertz CT molecular complexity index is 484. The number of carboxylic acids is 1. The van der Waals surface area contributed by atoms with Gasteiger partial charge in [0.15, 0.2) is 0 Å². The van der Waals surface area contributed by atoms with Crippen molar-refractivity contribution in [3.8, 4) is 0 Å². The Morgan fingerprint density at radius 1 is 1.45 bits per heavy atom. The number of pyridine rings is 1. The molecule has 1 aromatic rings. The van der Waals surface area contributed by atoms with Crippen LogP contribution in [0.5, 0.6) is 0 Å². The van der Waals surface area contributed by atoms with Crippen LogP contribution in [0.2, 0.25) is 0 Å². The second-order valence-corrected chi connectivity index (χ2v) is 6.67. The van der Waals surface area contributed by atoms with Crippen molar-refractivity contribution < 1.29 is 14.6 Å². The number of aromatic carboxylic acids is 1. The minimum Gasteiger partial charge on any atom is -0.477 e. The molecule has 1 aliphatic carbocycles. The molecule has 1 fully saturated rings. The van der Waals surface area contributed by atoms with E-state index in [2.05, 4.69) is 25.8 Å². The van der Waals surface area contributed by atoms with Crippen molar-refractivity contribution in [3.63, 3.8) is 0 Å². The Labute approximate surface area is 120 Å². The molecule has 2 unspecified atom stereocenters. The van der Waals surface area contributed by atoms with Crippen LogP contribution in [0.25, 0.3) is 0 Å². The van der Waals surface area contributed by atoms with Gasteiger partial charge in [0, 0.05) is 0 Å². The Morgan fingerprint density at radius 2 is 2.20 bits per heavy atom. The molecule has 0 aliphatic heterocycles. The quantitative estimate of drug-likeness (QED) is 0.915. The summed E-state index contributed by atoms with van der Waals surface area (Å²) in [6.07, 6.45) is 3.60. The van der Waals surface area contributed by atoms with Crippen LogP contribution in [0.3, 0.4) is 0 Å². The van der Waals surface area contributed by atoms with Crippen LogP contribution in [0.1, 0.15) is 56.2 Å². The molecule has 0 amide bonds. The molecule has 110 valence electrons. The molecule has 1 heterocycles. The summed E-state index contributed by atoms with van der Waals surface area (Å²) >= 11 is 0. The van der Waals surface area contributed by atoms with Crippen LogP contribution in [0.15, 0.2) is 18.2 Å². The lowest BCUT2D eigenvalue weighted by atomic mass is 9.71. The third kappa shape index (κ3) is 4.04. The Hall–Kier alpha value is -1.42. The number of nitrogens with zero attached hydrogens (tertiary/aromatic N) is 1. The monoisotopic (exact) mass is 277 g/mol. The van der Waals surface area contributed by atoms with Crippen LogP contribution >= 0.6 is 0 Å². The van der Waals surface area contributed by atoms with Crippen molar-refractivity contribution in [2.45, 2.75) is 52.7 Å². The Kier molecular flexibility index (Phi) is 4.43. The molecule has 1 N–H and O–H groups in total. The van der Waals surface area contributed by atoms with Gasteiger partial charge in [-0.25, -0.2) is 9.78 Å². The number of rotatable bonds is 4. The highest BCUT2D eigenvalue weighted by molar-refractivity contribution is 5.85. The maximum absolute atomic E-state index is 10.9. The Morgan fingerprint density at radius 3 is 2.85 bits per heavy atom. The minimum absolute atomic E-state index is 0.0726. The third-order valence-corrected chi connectivity index (χ3v) is 3.84. The molecule has 0 spiro atoms. The van der Waals surface area contributed by atoms with Crippen LogP contribution in [0.4, 0.5) is 0 Å². The highest BCUT2D eigenvalue weighted by Gasteiger charge is 2.32. The largest absolute Gasteiger partial charge is 0.477 e. The first-order valence-corrected chi connectivity index (χ1v) is 7.16. The Balaban J connectivity index is 1.95. The van der Waals surface area contributed by atoms with E-state index in [1.165, 1.54) is 12.5 Å². The predicted octanol–water partition coefficient (Wildman–Crippen LogP) is 3.51. The fraction of sp³-hybridized carbons (Fsp3) is 0.625. The topological polar surface area (TPSA) is 59.4 Å². The summed E-state index contributed by atoms with van der Waals surface area (Å²) in [6, 6.07) is 5.02. The lowest BCUT2D eigenvalue weighted by Gasteiger charge is -2.38. The highest BCUT2D eigenvalue weighted by atomic mass is 16.5. The van der Waals surface area contributed by atoms with E-state index in [9.17, 15) is 4.79 Å². The first kappa shape index (κ1) is 15.0. The number of hydrogen-bond acceptors (Lipinski definition) is 3. The van der Waals surface area contributed by atoms with Gasteiger partial charge in [-0.3, -0.25) is 0 Å². The highest BCUT2D eigenvalue weighted by Crippen LogP contribution is 2.39. The van der Waals surface area contributed by atoms with Gasteiger partial charge in [-0.15, -0.1) is 0 Å². The van der Waals surface area contributed by atoms with E-state index in [-0.39, 0.29) is 11.8 Å². The first-order chi connectivity index (χ1) is 9.35. The van der Waals surface area contributed by atoms with E-state index >= 15 is 0 Å². The predicted molar refractivity (Wildman–Crippen MR) is 76.6 cm³/mol. The van der Waals surface area contributed by atoms with Crippen LogP contribution in [0, 0.1) is 11.3 Å². The summed E-state index contributed by atoms with van der Waals surface area (Å²) in [4.78, 5) is 15.0. The second kappa shape index (κ2) is 5.92. The molecule has 4 nitrogen and oxygen atoms in total. The van der Waals surface area contributed by atoms with Gasteiger partial charge in [0.2, 0.25) is 0 Å². The molecular weight excluding hydrogens is 254 g/mol. The molecule has 0 radical (unpaired) electrons. The molecule has 0 bridgehead atoms. The molecule has 20 heavy (non-hydrogen) atoms. The number of aromatic nitrogens is 1. The summed E-state index contributed by atoms with van der Waals surface area (Å²) < 4.78 is 5.95. The average molecular weight is 277 g/mol. The van der Waals surface area contributed by atoms with Gasteiger partial charge in [0.25, 0.3) is 0 Å². The molecule has 1 saturated carbocycles. The molecule has 0 aromatic carbocycles. The normalized spacial score (nSPS) is 25.4. The van der Waals surface area contributed by atoms with Crippen molar-refractivity contribution in [2.75, 3.05) is 0 Å². The fourth-order valence-corrected chi connectivity index (χ4v) is 3.27. The van der Waals surface area contributed by atoms with Crippen LogP contribution < -0.4 is 0 Å². The summed E-state index contributed by atoms with van der Waals surface area (Å²) in [5.74, 6) is -0.332. The SMILES string of the molecule is CC1CC(OCc2cccc(C(=O)O)n2)CC(C)(C)C1. The lowest BCUT2D eigenvalue weighted by Crippen LogP contribution is -2.32. The molecule has 1 aliphatic rings. The van der Waals surface area contributed by atoms with E-state index in [1.807, 2.05) is 6.07 Å². The van der Waals surface area contributed by atoms with E-state index in [0.29, 0.717) is 23.6 Å². The lowest BCUT2D eigenvalue weighted by molar-refractivity contribution is -0.0327. The molecule has 1 aromatic heterocycles. The first-order valence-electron chi connectivity index (χ1n) is 7.16. The van der Waals surface area contributed by atoms with Crippen molar-refractivity contribution >= 4 is 5.97 Å². The van der Waals surface area contributed by atoms with Crippen molar-refractivity contribution in [2.24, 2.45) is 11.3 Å². The zero-order valence-corrected chi connectivity index (χ0v) is 12.4. The number of carbonyl (C=O) groups is 1. The molecule has 0 saturated heterocycles. The minimum atomic E-state index is -1.00. The van der Waals surface area contributed by atoms with Gasteiger partial charge < -0.3 is 9.84 Å². The zero-order chi connectivity index (χ0) is 14.8. The number of ether oxygens (including phenoxy) is 1. The maximum atomic E-state index is 10.9. The molecule has 2 rings (SSSR count). The van der Waals surface area contributed by atoms with E-state index in [1.54, 1.807) is 6.07 Å². The van der Waals surface area contributed by atoms with Crippen molar-refractivity contribution in [1.82, 2.24) is 4.98 Å². The van der Waals surface area contributed by atoms with Gasteiger partial charge in [0.05, 0.1) is 18.4 Å². The van der Waals surface area contributed by atoms with Crippen LogP contribution in [-0.2, 0) is 11.3 Å². The van der Waals surface area contributed by atoms with Crippen molar-refractivity contribution in [3.05, 3.63) is 29.6 Å². The van der Waals surface area contributed by atoms with Gasteiger partial charge in [-0.1, -0.05) is 26.8 Å². The van der Waals surface area contributed by atoms with Crippen molar-refractivity contribution in [1.29, 1.82) is 0 Å². The zero-order valence-electron chi connectivity index (χ0n) is 12.4. The standard InChI is InChI=1S/C16H23NO3/c1-11-7-13(9-16(2,3)8-11)20-10-12-5-4-6-14(17-12)15(18)19/h4-6,11,13H,7-10H2,1-3H3,(H,18,19). The van der Waals surface area contributed by atoms with Gasteiger partial charge in [0.1, 0.15) is 5.69 Å². The van der Waals surface area contributed by atoms with E-state index in [4.69, 9.17) is 9.84 Å². The molecule has 2 atom stereocenters. The number of carboxylic acid groups (broad SMARTS) is 1. The third-order valence-electron chi connectivity index (χ3n) is 3.84. The van der Waals surface area contributed by atoms with Gasteiger partial charge in [-0.05, 0) is 42.7 Å². The summed E-state index contributed by atoms with van der Waals surface area (Å²) in [5, 5.41) is 8.93. The number of hydrogen-bond donors (Lipinski definition) is 1. The van der Waals surface area contributed by atoms with Crippen LogP contribution in [-0.4, -0.2) is 22.2 Å². The maximum Gasteiger partial charge on any atom is 0.354 e. The fourth-order valence-electron chi connectivity index (χ4n) is 3.27. The van der Waals surface area contributed by atoms with E-state index < -0.39 is 5.97 Å². The molecular formula is C16H23NO3. The second-order valence-electron chi connectivity index (χ2n) is 6.67.